The Balaban J connectivity index is 1.53. The number of carbonyl (C=O) groups is 1. The Hall–Kier alpha value is 0.130. The van der Waals surface area contributed by atoms with Crippen LogP contribution >= 0.6 is 23.5 Å². The minimum Gasteiger partial charge on any atom is -0.355 e. The maximum Gasteiger partial charge on any atom is 0.220 e. The van der Waals surface area contributed by atoms with Crippen molar-refractivity contribution in [1.82, 2.24) is 10.6 Å². The predicted octanol–water partition coefficient (Wildman–Crippen LogP) is 1.48. The van der Waals surface area contributed by atoms with Crippen molar-refractivity contribution in [3.05, 3.63) is 0 Å². The molecular weight excluding hydrogens is 252 g/mol. The Morgan fingerprint density at radius 3 is 3.06 bits per heavy atom. The quantitative estimate of drug-likeness (QED) is 0.797. The summed E-state index contributed by atoms with van der Waals surface area (Å²) in [6, 6.07) is 0.584. The third-order valence-corrected chi connectivity index (χ3v) is 6.14. The molecule has 2 unspecified atom stereocenters. The summed E-state index contributed by atoms with van der Waals surface area (Å²) in [5, 5.41) is 7.13. The summed E-state index contributed by atoms with van der Waals surface area (Å²) >= 11 is 4.01. The zero-order valence-electron chi connectivity index (χ0n) is 10.2. The molecule has 0 aromatic rings. The minimum atomic E-state index is 0.231. The van der Waals surface area contributed by atoms with Crippen LogP contribution in [0.5, 0.6) is 0 Å². The van der Waals surface area contributed by atoms with Crippen LogP contribution in [0.15, 0.2) is 0 Å². The first-order chi connectivity index (χ1) is 8.34. The van der Waals surface area contributed by atoms with Crippen molar-refractivity contribution < 1.29 is 4.79 Å². The van der Waals surface area contributed by atoms with Gasteiger partial charge in [-0.1, -0.05) is 0 Å². The second kappa shape index (κ2) is 7.54. The molecule has 17 heavy (non-hydrogen) atoms. The summed E-state index contributed by atoms with van der Waals surface area (Å²) in [6.45, 7) is 1.98. The zero-order valence-corrected chi connectivity index (χ0v) is 11.9. The monoisotopic (exact) mass is 274 g/mol. The van der Waals surface area contributed by atoms with Gasteiger partial charge in [0.1, 0.15) is 0 Å². The first-order valence-corrected chi connectivity index (χ1v) is 8.74. The topological polar surface area (TPSA) is 41.1 Å². The summed E-state index contributed by atoms with van der Waals surface area (Å²) in [5.74, 6) is 3.92. The van der Waals surface area contributed by atoms with Crippen LogP contribution in [0.4, 0.5) is 0 Å². The maximum atomic E-state index is 11.7. The van der Waals surface area contributed by atoms with Crippen LogP contribution < -0.4 is 10.6 Å². The van der Waals surface area contributed by atoms with Gasteiger partial charge < -0.3 is 10.6 Å². The molecular formula is C12H22N2OS2. The Labute approximate surface area is 112 Å². The molecule has 0 aromatic heterocycles. The van der Waals surface area contributed by atoms with Crippen molar-refractivity contribution >= 4 is 29.4 Å². The van der Waals surface area contributed by atoms with Crippen molar-refractivity contribution in [3.63, 3.8) is 0 Å². The van der Waals surface area contributed by atoms with E-state index in [1.54, 1.807) is 0 Å². The molecule has 0 bridgehead atoms. The number of amides is 1. The van der Waals surface area contributed by atoms with E-state index in [1.807, 2.05) is 23.5 Å². The molecule has 0 saturated carbocycles. The van der Waals surface area contributed by atoms with Gasteiger partial charge in [0.2, 0.25) is 5.91 Å². The number of carbonyl (C=O) groups excluding carboxylic acids is 1. The molecule has 2 aliphatic rings. The lowest BCUT2D eigenvalue weighted by atomic mass is 10.1. The van der Waals surface area contributed by atoms with E-state index in [9.17, 15) is 4.79 Å². The Morgan fingerprint density at radius 2 is 2.35 bits per heavy atom. The SMILES string of the molecule is O=C(CCC1CCCN1)NCC1CSCCS1. The van der Waals surface area contributed by atoms with Gasteiger partial charge >= 0.3 is 0 Å². The van der Waals surface area contributed by atoms with E-state index in [-0.39, 0.29) is 5.91 Å². The van der Waals surface area contributed by atoms with Crippen molar-refractivity contribution in [1.29, 1.82) is 0 Å². The van der Waals surface area contributed by atoms with Gasteiger partial charge in [-0.3, -0.25) is 4.79 Å². The molecule has 0 aliphatic carbocycles. The third kappa shape index (κ3) is 5.10. The van der Waals surface area contributed by atoms with E-state index >= 15 is 0 Å². The second-order valence-electron chi connectivity index (χ2n) is 4.70. The standard InChI is InChI=1S/C12H22N2OS2/c15-12(4-3-10-2-1-5-13-10)14-8-11-9-16-6-7-17-11/h10-11,13H,1-9H2,(H,14,15). The second-order valence-corrected chi connectivity index (χ2v) is 7.26. The predicted molar refractivity (Wildman–Crippen MR) is 76.8 cm³/mol. The first-order valence-electron chi connectivity index (χ1n) is 6.54. The van der Waals surface area contributed by atoms with Crippen LogP contribution in [-0.2, 0) is 4.79 Å². The molecule has 2 aliphatic heterocycles. The molecule has 2 fully saturated rings. The fraction of sp³-hybridized carbons (Fsp3) is 0.917. The highest BCUT2D eigenvalue weighted by atomic mass is 32.2. The van der Waals surface area contributed by atoms with Crippen LogP contribution in [0, 0.1) is 0 Å². The van der Waals surface area contributed by atoms with Crippen molar-refractivity contribution in [2.45, 2.75) is 37.0 Å². The molecule has 0 radical (unpaired) electrons. The number of rotatable bonds is 5. The summed E-state index contributed by atoms with van der Waals surface area (Å²) in [6.07, 6.45) is 4.19. The summed E-state index contributed by atoms with van der Waals surface area (Å²) in [7, 11) is 0. The van der Waals surface area contributed by atoms with Crippen LogP contribution in [0.3, 0.4) is 0 Å². The van der Waals surface area contributed by atoms with Gasteiger partial charge in [-0.15, -0.1) is 0 Å². The molecule has 3 nitrogen and oxygen atoms in total. The molecule has 98 valence electrons. The molecule has 2 atom stereocenters. The van der Waals surface area contributed by atoms with Gasteiger partial charge in [-0.05, 0) is 25.8 Å². The van der Waals surface area contributed by atoms with Gasteiger partial charge in [-0.25, -0.2) is 0 Å². The number of hydrogen-bond acceptors (Lipinski definition) is 4. The first kappa shape index (κ1) is 13.6. The molecule has 2 rings (SSSR count). The van der Waals surface area contributed by atoms with E-state index in [0.29, 0.717) is 17.7 Å². The Bertz CT molecular complexity index is 239. The Kier molecular flexibility index (Phi) is 6.01. The largest absolute Gasteiger partial charge is 0.355 e. The van der Waals surface area contributed by atoms with Gasteiger partial charge in [0.25, 0.3) is 0 Å². The highest BCUT2D eigenvalue weighted by Crippen LogP contribution is 2.23. The number of nitrogens with one attached hydrogen (secondary N) is 2. The van der Waals surface area contributed by atoms with Gasteiger partial charge in [0.15, 0.2) is 0 Å². The molecule has 1 amide bonds. The number of hydrogen-bond donors (Lipinski definition) is 2. The van der Waals surface area contributed by atoms with Crippen LogP contribution in [0.1, 0.15) is 25.7 Å². The summed E-state index contributed by atoms with van der Waals surface area (Å²) < 4.78 is 0. The van der Waals surface area contributed by atoms with Crippen LogP contribution in [0.2, 0.25) is 0 Å². The minimum absolute atomic E-state index is 0.231. The summed E-state index contributed by atoms with van der Waals surface area (Å²) in [5.41, 5.74) is 0. The molecule has 0 aromatic carbocycles. The zero-order chi connectivity index (χ0) is 11.9. The van der Waals surface area contributed by atoms with Gasteiger partial charge in [0.05, 0.1) is 0 Å². The van der Waals surface area contributed by atoms with Crippen molar-refractivity contribution in [2.75, 3.05) is 30.3 Å². The molecule has 2 N–H and O–H groups in total. The molecule has 2 saturated heterocycles. The Morgan fingerprint density at radius 1 is 1.41 bits per heavy atom. The fourth-order valence-electron chi connectivity index (χ4n) is 2.28. The highest BCUT2D eigenvalue weighted by molar-refractivity contribution is 8.06. The average Bonchev–Trinajstić information content (AvgIpc) is 2.88. The molecule has 5 heteroatoms. The number of thioether (sulfide) groups is 2. The van der Waals surface area contributed by atoms with Gasteiger partial charge in [0, 0.05) is 41.5 Å². The highest BCUT2D eigenvalue weighted by Gasteiger charge is 2.17. The van der Waals surface area contributed by atoms with E-state index in [2.05, 4.69) is 10.6 Å². The fourth-order valence-corrected chi connectivity index (χ4v) is 4.89. The van der Waals surface area contributed by atoms with Crippen molar-refractivity contribution in [2.24, 2.45) is 0 Å². The van der Waals surface area contributed by atoms with E-state index < -0.39 is 0 Å². The normalized spacial score (nSPS) is 29.2. The van der Waals surface area contributed by atoms with E-state index in [1.165, 1.54) is 30.1 Å². The van der Waals surface area contributed by atoms with Crippen molar-refractivity contribution in [3.8, 4) is 0 Å². The van der Waals surface area contributed by atoms with E-state index in [4.69, 9.17) is 0 Å². The lowest BCUT2D eigenvalue weighted by Gasteiger charge is -2.21. The molecule has 0 spiro atoms. The van der Waals surface area contributed by atoms with E-state index in [0.717, 1.165) is 19.5 Å². The molecule has 2 heterocycles. The van der Waals surface area contributed by atoms with Crippen LogP contribution in [0.25, 0.3) is 0 Å². The van der Waals surface area contributed by atoms with Crippen LogP contribution in [-0.4, -0.2) is 47.5 Å². The lowest BCUT2D eigenvalue weighted by molar-refractivity contribution is -0.121. The lowest BCUT2D eigenvalue weighted by Crippen LogP contribution is -2.34. The smallest absolute Gasteiger partial charge is 0.220 e. The van der Waals surface area contributed by atoms with Gasteiger partial charge in [-0.2, -0.15) is 23.5 Å². The summed E-state index contributed by atoms with van der Waals surface area (Å²) in [4.78, 5) is 11.7. The maximum absolute atomic E-state index is 11.7. The average molecular weight is 274 g/mol. The third-order valence-electron chi connectivity index (χ3n) is 3.29.